The average Bonchev–Trinajstić information content (AvgIpc) is 2.47. The van der Waals surface area contributed by atoms with Crippen molar-refractivity contribution in [3.8, 4) is 5.75 Å². The van der Waals surface area contributed by atoms with Crippen molar-refractivity contribution in [1.82, 2.24) is 4.90 Å². The van der Waals surface area contributed by atoms with Gasteiger partial charge in [0, 0.05) is 19.6 Å². The third-order valence-corrected chi connectivity index (χ3v) is 3.81. The minimum Gasteiger partial charge on any atom is -0.406 e. The van der Waals surface area contributed by atoms with Crippen LogP contribution in [0.5, 0.6) is 5.75 Å². The van der Waals surface area contributed by atoms with Crippen molar-refractivity contribution in [3.05, 3.63) is 29.8 Å². The molecule has 0 bridgehead atoms. The number of ether oxygens (including phenoxy) is 1. The quantitative estimate of drug-likeness (QED) is 0.682. The first kappa shape index (κ1) is 17.4. The fourth-order valence-corrected chi connectivity index (χ4v) is 2.65. The van der Waals surface area contributed by atoms with Crippen LogP contribution in [-0.4, -0.2) is 36.9 Å². The van der Waals surface area contributed by atoms with E-state index in [9.17, 15) is 13.2 Å². The van der Waals surface area contributed by atoms with Crippen molar-refractivity contribution >= 4 is 5.96 Å². The van der Waals surface area contributed by atoms with E-state index in [0.717, 1.165) is 25.1 Å². The lowest BCUT2D eigenvalue weighted by atomic mass is 10.0. The molecule has 1 saturated heterocycles. The molecule has 1 unspecified atom stereocenters. The molecule has 1 heterocycles. The van der Waals surface area contributed by atoms with Gasteiger partial charge in [-0.2, -0.15) is 0 Å². The number of hydrogen-bond donors (Lipinski definition) is 1. The standard InChI is InChI=1S/C16H22F3N3O/c1-12-3-2-10-22(11-12)15(20)21-9-8-13-4-6-14(7-5-13)23-16(17,18)19/h4-7,12H,2-3,8-11H2,1H3,(H2,20,21). The Morgan fingerprint density at radius 1 is 1.35 bits per heavy atom. The van der Waals surface area contributed by atoms with Gasteiger partial charge in [0.25, 0.3) is 0 Å². The lowest BCUT2D eigenvalue weighted by Gasteiger charge is -2.31. The number of rotatable bonds is 4. The van der Waals surface area contributed by atoms with E-state index < -0.39 is 6.36 Å². The molecule has 0 spiro atoms. The van der Waals surface area contributed by atoms with E-state index in [2.05, 4.69) is 21.6 Å². The number of hydrogen-bond acceptors (Lipinski definition) is 2. The first-order chi connectivity index (χ1) is 10.8. The number of aliphatic imine (C=N–C) groups is 1. The molecule has 0 amide bonds. The zero-order valence-corrected chi connectivity index (χ0v) is 13.1. The Kier molecular flexibility index (Phi) is 5.74. The highest BCUT2D eigenvalue weighted by molar-refractivity contribution is 5.78. The lowest BCUT2D eigenvalue weighted by molar-refractivity contribution is -0.274. The second-order valence-electron chi connectivity index (χ2n) is 5.88. The SMILES string of the molecule is CC1CCCN(C(N)=NCCc2ccc(OC(F)(F)F)cc2)C1. The summed E-state index contributed by atoms with van der Waals surface area (Å²) in [6, 6.07) is 5.83. The molecule has 0 aliphatic carbocycles. The maximum Gasteiger partial charge on any atom is 0.573 e. The van der Waals surface area contributed by atoms with E-state index in [1.807, 2.05) is 0 Å². The van der Waals surface area contributed by atoms with Crippen LogP contribution in [-0.2, 0) is 6.42 Å². The topological polar surface area (TPSA) is 50.8 Å². The number of guanidine groups is 1. The van der Waals surface area contributed by atoms with E-state index in [-0.39, 0.29) is 5.75 Å². The molecule has 1 aliphatic rings. The molecule has 4 nitrogen and oxygen atoms in total. The number of likely N-dealkylation sites (tertiary alicyclic amines) is 1. The fourth-order valence-electron chi connectivity index (χ4n) is 2.65. The lowest BCUT2D eigenvalue weighted by Crippen LogP contribution is -2.43. The fraction of sp³-hybridized carbons (Fsp3) is 0.562. The van der Waals surface area contributed by atoms with Gasteiger partial charge < -0.3 is 15.4 Å². The Morgan fingerprint density at radius 2 is 2.04 bits per heavy atom. The summed E-state index contributed by atoms with van der Waals surface area (Å²) < 4.78 is 40.1. The molecule has 0 saturated carbocycles. The minimum absolute atomic E-state index is 0.216. The minimum atomic E-state index is -4.66. The summed E-state index contributed by atoms with van der Waals surface area (Å²) in [7, 11) is 0. The smallest absolute Gasteiger partial charge is 0.406 e. The van der Waals surface area contributed by atoms with Crippen molar-refractivity contribution in [2.45, 2.75) is 32.5 Å². The largest absolute Gasteiger partial charge is 0.573 e. The normalized spacial score (nSPS) is 19.7. The van der Waals surface area contributed by atoms with Crippen LogP contribution in [0.2, 0.25) is 0 Å². The molecule has 0 radical (unpaired) electrons. The van der Waals surface area contributed by atoms with E-state index in [1.54, 1.807) is 12.1 Å². The molecule has 23 heavy (non-hydrogen) atoms. The van der Waals surface area contributed by atoms with Gasteiger partial charge in [-0.3, -0.25) is 4.99 Å². The van der Waals surface area contributed by atoms with E-state index in [0.29, 0.717) is 24.8 Å². The van der Waals surface area contributed by atoms with Crippen molar-refractivity contribution < 1.29 is 17.9 Å². The molecule has 128 valence electrons. The van der Waals surface area contributed by atoms with Gasteiger partial charge in [-0.05, 0) is 42.9 Å². The van der Waals surface area contributed by atoms with Crippen molar-refractivity contribution in [2.75, 3.05) is 19.6 Å². The summed E-state index contributed by atoms with van der Waals surface area (Å²) in [4.78, 5) is 6.46. The molecule has 1 aromatic carbocycles. The van der Waals surface area contributed by atoms with Gasteiger partial charge in [0.15, 0.2) is 5.96 Å². The summed E-state index contributed by atoms with van der Waals surface area (Å²) in [5.74, 6) is 0.957. The Bertz CT molecular complexity index is 528. The second kappa shape index (κ2) is 7.57. The Morgan fingerprint density at radius 3 is 2.65 bits per heavy atom. The predicted molar refractivity (Wildman–Crippen MR) is 83.3 cm³/mol. The maximum absolute atomic E-state index is 12.1. The van der Waals surface area contributed by atoms with Crippen LogP contribution in [0.1, 0.15) is 25.3 Å². The molecule has 1 fully saturated rings. The number of nitrogens with zero attached hydrogens (tertiary/aromatic N) is 2. The first-order valence-corrected chi connectivity index (χ1v) is 7.73. The second-order valence-corrected chi connectivity index (χ2v) is 5.88. The van der Waals surface area contributed by atoms with E-state index in [4.69, 9.17) is 5.73 Å². The van der Waals surface area contributed by atoms with Gasteiger partial charge in [-0.15, -0.1) is 13.2 Å². The zero-order valence-electron chi connectivity index (χ0n) is 13.1. The third kappa shape index (κ3) is 6.00. The Labute approximate surface area is 134 Å². The van der Waals surface area contributed by atoms with Gasteiger partial charge in [-0.1, -0.05) is 19.1 Å². The molecule has 1 atom stereocenters. The zero-order chi connectivity index (χ0) is 16.9. The van der Waals surface area contributed by atoms with Crippen LogP contribution < -0.4 is 10.5 Å². The highest BCUT2D eigenvalue weighted by Gasteiger charge is 2.30. The van der Waals surface area contributed by atoms with Crippen LogP contribution in [0.25, 0.3) is 0 Å². The highest BCUT2D eigenvalue weighted by Crippen LogP contribution is 2.22. The number of alkyl halides is 3. The summed E-state index contributed by atoms with van der Waals surface area (Å²) in [6.07, 6.45) is -1.70. The predicted octanol–water partition coefficient (Wildman–Crippen LogP) is 3.17. The average molecular weight is 329 g/mol. The summed E-state index contributed by atoms with van der Waals surface area (Å²) in [5.41, 5.74) is 6.89. The van der Waals surface area contributed by atoms with Crippen molar-refractivity contribution in [2.24, 2.45) is 16.6 Å². The summed E-state index contributed by atoms with van der Waals surface area (Å²) in [6.45, 7) is 4.57. The number of nitrogens with two attached hydrogens (primary N) is 1. The van der Waals surface area contributed by atoms with Crippen LogP contribution in [0.4, 0.5) is 13.2 Å². The van der Waals surface area contributed by atoms with Gasteiger partial charge >= 0.3 is 6.36 Å². The monoisotopic (exact) mass is 329 g/mol. The number of benzene rings is 1. The van der Waals surface area contributed by atoms with Crippen LogP contribution >= 0.6 is 0 Å². The van der Waals surface area contributed by atoms with E-state index >= 15 is 0 Å². The van der Waals surface area contributed by atoms with Crippen LogP contribution in [0, 0.1) is 5.92 Å². The third-order valence-electron chi connectivity index (χ3n) is 3.81. The number of halogens is 3. The molecule has 1 aromatic rings. The van der Waals surface area contributed by atoms with Gasteiger partial charge in [0.1, 0.15) is 5.75 Å². The van der Waals surface area contributed by atoms with Crippen molar-refractivity contribution in [1.29, 1.82) is 0 Å². The van der Waals surface area contributed by atoms with Gasteiger partial charge in [0.2, 0.25) is 0 Å². The molecular formula is C16H22F3N3O. The maximum atomic E-state index is 12.1. The molecule has 2 rings (SSSR count). The van der Waals surface area contributed by atoms with Gasteiger partial charge in [0.05, 0.1) is 0 Å². The Hall–Kier alpha value is -1.92. The Balaban J connectivity index is 1.82. The van der Waals surface area contributed by atoms with Crippen molar-refractivity contribution in [3.63, 3.8) is 0 Å². The first-order valence-electron chi connectivity index (χ1n) is 7.73. The van der Waals surface area contributed by atoms with Crippen LogP contribution in [0.3, 0.4) is 0 Å². The summed E-state index contributed by atoms with van der Waals surface area (Å²) in [5, 5.41) is 0. The van der Waals surface area contributed by atoms with Gasteiger partial charge in [-0.25, -0.2) is 0 Å². The van der Waals surface area contributed by atoms with Crippen LogP contribution in [0.15, 0.2) is 29.3 Å². The number of piperidine rings is 1. The molecule has 7 heteroatoms. The van der Waals surface area contributed by atoms with E-state index in [1.165, 1.54) is 18.6 Å². The molecule has 2 N–H and O–H groups in total. The molecule has 0 aromatic heterocycles. The highest BCUT2D eigenvalue weighted by atomic mass is 19.4. The molecular weight excluding hydrogens is 307 g/mol. The summed E-state index contributed by atoms with van der Waals surface area (Å²) >= 11 is 0. The molecule has 1 aliphatic heterocycles.